The minimum atomic E-state index is -4.10. The molecule has 1 fully saturated rings. The maximum absolute atomic E-state index is 12.5. The number of rotatable bonds is 4. The van der Waals surface area contributed by atoms with Crippen LogP contribution in [0.15, 0.2) is 42.5 Å². The monoisotopic (exact) mass is 423 g/mol. The number of piperazine rings is 1. The number of hydrogen-bond donors (Lipinski definition) is 0. The van der Waals surface area contributed by atoms with Crippen molar-refractivity contribution in [2.45, 2.75) is 25.6 Å². The predicted octanol–water partition coefficient (Wildman–Crippen LogP) is 4.98. The van der Waals surface area contributed by atoms with Gasteiger partial charge in [-0.1, -0.05) is 35.9 Å². The Hall–Kier alpha value is -1.92. The number of nitrogens with zero attached hydrogens (tertiary/aromatic N) is 3. The van der Waals surface area contributed by atoms with Crippen LogP contribution in [0.4, 0.5) is 24.5 Å². The van der Waals surface area contributed by atoms with Gasteiger partial charge in [0.2, 0.25) is 0 Å². The molecular formula is C22H25ClF3N3. The number of benzene rings is 2. The number of hydrogen-bond acceptors (Lipinski definition) is 3. The molecule has 29 heavy (non-hydrogen) atoms. The third-order valence-corrected chi connectivity index (χ3v) is 6.07. The normalized spacial score (nSPS) is 18.1. The smallest absolute Gasteiger partial charge is 0.367 e. The lowest BCUT2D eigenvalue weighted by molar-refractivity contribution is -0.138. The summed E-state index contributed by atoms with van der Waals surface area (Å²) in [7, 11) is 0. The first kappa shape index (κ1) is 20.4. The van der Waals surface area contributed by atoms with Crippen LogP contribution >= 0.6 is 11.6 Å². The minimum absolute atomic E-state index is 0.0721. The Kier molecular flexibility index (Phi) is 5.93. The quantitative estimate of drug-likeness (QED) is 0.687. The zero-order valence-electron chi connectivity index (χ0n) is 16.3. The number of anilines is 2. The van der Waals surface area contributed by atoms with Crippen LogP contribution in [-0.2, 0) is 13.0 Å². The van der Waals surface area contributed by atoms with E-state index in [4.69, 9.17) is 11.6 Å². The molecule has 0 aliphatic carbocycles. The summed E-state index contributed by atoms with van der Waals surface area (Å²) in [4.78, 5) is 6.53. The van der Waals surface area contributed by atoms with Crippen molar-refractivity contribution in [3.63, 3.8) is 0 Å². The molecule has 1 saturated heterocycles. The molecule has 0 radical (unpaired) electrons. The number of alkyl halides is 3. The van der Waals surface area contributed by atoms with Gasteiger partial charge in [0.15, 0.2) is 0 Å². The minimum Gasteiger partial charge on any atom is -0.367 e. The van der Waals surface area contributed by atoms with Crippen molar-refractivity contribution < 1.29 is 13.2 Å². The maximum Gasteiger partial charge on any atom is 0.390 e. The van der Waals surface area contributed by atoms with Crippen molar-refractivity contribution in [2.75, 3.05) is 49.1 Å². The molecule has 7 heteroatoms. The SMILES string of the molecule is FC(F)(F)CCN1CCN(c2cc(Cl)ccc2N2CCc3ccccc3C2)CC1. The molecule has 0 spiro atoms. The Morgan fingerprint density at radius 1 is 0.828 bits per heavy atom. The highest BCUT2D eigenvalue weighted by molar-refractivity contribution is 6.31. The fourth-order valence-corrected chi connectivity index (χ4v) is 4.38. The van der Waals surface area contributed by atoms with Gasteiger partial charge in [0.25, 0.3) is 0 Å². The third-order valence-electron chi connectivity index (χ3n) is 5.83. The number of halogens is 4. The van der Waals surface area contributed by atoms with Crippen molar-refractivity contribution in [3.8, 4) is 0 Å². The maximum atomic E-state index is 12.5. The molecule has 0 aromatic heterocycles. The van der Waals surface area contributed by atoms with Crippen LogP contribution in [0.5, 0.6) is 0 Å². The van der Waals surface area contributed by atoms with Crippen LogP contribution in [0.3, 0.4) is 0 Å². The van der Waals surface area contributed by atoms with Crippen molar-refractivity contribution in [1.29, 1.82) is 0 Å². The van der Waals surface area contributed by atoms with E-state index >= 15 is 0 Å². The summed E-state index contributed by atoms with van der Waals surface area (Å²) in [6.45, 7) is 4.54. The molecule has 2 aromatic rings. The first-order valence-electron chi connectivity index (χ1n) is 10.0. The summed E-state index contributed by atoms with van der Waals surface area (Å²) in [6.07, 6.45) is -3.84. The van der Waals surface area contributed by atoms with Gasteiger partial charge >= 0.3 is 6.18 Å². The average molecular weight is 424 g/mol. The van der Waals surface area contributed by atoms with Gasteiger partial charge < -0.3 is 9.80 Å². The van der Waals surface area contributed by atoms with Crippen LogP contribution in [0, 0.1) is 0 Å². The highest BCUT2D eigenvalue weighted by Gasteiger charge is 2.29. The fraction of sp³-hybridized carbons (Fsp3) is 0.455. The van der Waals surface area contributed by atoms with E-state index in [0.717, 1.165) is 30.9 Å². The van der Waals surface area contributed by atoms with Crippen LogP contribution < -0.4 is 9.80 Å². The van der Waals surface area contributed by atoms with Crippen LogP contribution in [0.1, 0.15) is 17.5 Å². The molecule has 0 amide bonds. The first-order chi connectivity index (χ1) is 13.9. The summed E-state index contributed by atoms with van der Waals surface area (Å²) >= 11 is 6.30. The van der Waals surface area contributed by atoms with Crippen molar-refractivity contribution >= 4 is 23.0 Å². The molecule has 0 unspecified atom stereocenters. The van der Waals surface area contributed by atoms with Gasteiger partial charge in [-0.2, -0.15) is 13.2 Å². The lowest BCUT2D eigenvalue weighted by Crippen LogP contribution is -2.47. The zero-order valence-corrected chi connectivity index (χ0v) is 17.0. The van der Waals surface area contributed by atoms with E-state index in [1.54, 1.807) is 0 Å². The van der Waals surface area contributed by atoms with Crippen molar-refractivity contribution in [3.05, 3.63) is 58.6 Å². The van der Waals surface area contributed by atoms with Crippen LogP contribution in [0.2, 0.25) is 5.02 Å². The highest BCUT2D eigenvalue weighted by Crippen LogP contribution is 2.35. The molecule has 3 nitrogen and oxygen atoms in total. The molecule has 0 bridgehead atoms. The largest absolute Gasteiger partial charge is 0.390 e. The zero-order chi connectivity index (χ0) is 20.4. The van der Waals surface area contributed by atoms with Gasteiger partial charge in [0.1, 0.15) is 0 Å². The first-order valence-corrected chi connectivity index (χ1v) is 10.4. The fourth-order valence-electron chi connectivity index (χ4n) is 4.22. The summed E-state index contributed by atoms with van der Waals surface area (Å²) in [6, 6.07) is 14.5. The Balaban J connectivity index is 1.47. The average Bonchev–Trinajstić information content (AvgIpc) is 2.72. The second-order valence-corrected chi connectivity index (χ2v) is 8.20. The Morgan fingerprint density at radius 3 is 2.28 bits per heavy atom. The standard InChI is InChI=1S/C22H25ClF3N3/c23-19-5-6-20(29-9-7-17-3-1-2-4-18(17)16-29)21(15-19)28-13-11-27(12-14-28)10-8-22(24,25)26/h1-6,15H,7-14,16H2. The molecule has 4 rings (SSSR count). The summed E-state index contributed by atoms with van der Waals surface area (Å²) < 4.78 is 37.5. The summed E-state index contributed by atoms with van der Waals surface area (Å²) in [5.41, 5.74) is 4.97. The van der Waals surface area contributed by atoms with E-state index in [-0.39, 0.29) is 6.54 Å². The molecule has 0 N–H and O–H groups in total. The Morgan fingerprint density at radius 2 is 1.55 bits per heavy atom. The molecule has 2 heterocycles. The number of fused-ring (bicyclic) bond motifs is 1. The summed E-state index contributed by atoms with van der Waals surface area (Å²) in [5, 5.41) is 0.681. The molecule has 2 aliphatic rings. The van der Waals surface area contributed by atoms with Crippen molar-refractivity contribution in [2.24, 2.45) is 0 Å². The van der Waals surface area contributed by atoms with E-state index in [2.05, 4.69) is 40.1 Å². The second-order valence-electron chi connectivity index (χ2n) is 7.77. The highest BCUT2D eigenvalue weighted by atomic mass is 35.5. The summed E-state index contributed by atoms with van der Waals surface area (Å²) in [5.74, 6) is 0. The Labute approximate surface area is 174 Å². The molecule has 2 aromatic carbocycles. The lowest BCUT2D eigenvalue weighted by Gasteiger charge is -2.39. The van der Waals surface area contributed by atoms with Gasteiger partial charge in [0.05, 0.1) is 17.8 Å². The van der Waals surface area contributed by atoms with E-state index in [1.165, 1.54) is 11.1 Å². The third kappa shape index (κ3) is 4.98. The molecule has 0 atom stereocenters. The topological polar surface area (TPSA) is 9.72 Å². The van der Waals surface area contributed by atoms with Gasteiger partial charge in [-0.3, -0.25) is 4.90 Å². The lowest BCUT2D eigenvalue weighted by atomic mass is 9.99. The van der Waals surface area contributed by atoms with Gasteiger partial charge in [-0.05, 0) is 35.7 Å². The van der Waals surface area contributed by atoms with E-state index < -0.39 is 12.6 Å². The second kappa shape index (κ2) is 8.44. The molecular weight excluding hydrogens is 399 g/mol. The van der Waals surface area contributed by atoms with Gasteiger partial charge in [0, 0.05) is 50.8 Å². The predicted molar refractivity (Wildman–Crippen MR) is 112 cm³/mol. The van der Waals surface area contributed by atoms with Crippen molar-refractivity contribution in [1.82, 2.24) is 4.90 Å². The molecule has 2 aliphatic heterocycles. The van der Waals surface area contributed by atoms with E-state index in [9.17, 15) is 13.2 Å². The van der Waals surface area contributed by atoms with Gasteiger partial charge in [-0.25, -0.2) is 0 Å². The van der Waals surface area contributed by atoms with Crippen LogP contribution in [-0.4, -0.2) is 50.3 Å². The molecule has 156 valence electrons. The Bertz CT molecular complexity index is 847. The van der Waals surface area contributed by atoms with E-state index in [0.29, 0.717) is 31.2 Å². The van der Waals surface area contributed by atoms with E-state index in [1.807, 2.05) is 17.0 Å². The van der Waals surface area contributed by atoms with Crippen LogP contribution in [0.25, 0.3) is 0 Å². The van der Waals surface area contributed by atoms with Gasteiger partial charge in [-0.15, -0.1) is 0 Å². The molecule has 0 saturated carbocycles.